The Morgan fingerprint density at radius 1 is 1.21 bits per heavy atom. The first-order valence-corrected chi connectivity index (χ1v) is 11.0. The quantitative estimate of drug-likeness (QED) is 0.594. The SMILES string of the molecule is Cc1cc(Cl)cc(COC(=O)N2CCC(CCCCCC3=CNNN3C)CC2)c1. The van der Waals surface area contributed by atoms with Crippen LogP contribution < -0.4 is 11.0 Å². The third kappa shape index (κ3) is 6.82. The van der Waals surface area contributed by atoms with Gasteiger partial charge in [-0.05, 0) is 61.8 Å². The van der Waals surface area contributed by atoms with Gasteiger partial charge in [-0.2, -0.15) is 0 Å². The highest BCUT2D eigenvalue weighted by atomic mass is 35.5. The van der Waals surface area contributed by atoms with Gasteiger partial charge in [-0.3, -0.25) is 5.01 Å². The number of carbonyl (C=O) groups excluding carboxylic acids is 1. The van der Waals surface area contributed by atoms with Crippen LogP contribution in [0.3, 0.4) is 0 Å². The zero-order chi connectivity index (χ0) is 20.6. The molecule has 2 N–H and O–H groups in total. The van der Waals surface area contributed by atoms with Crippen molar-refractivity contribution >= 4 is 17.7 Å². The van der Waals surface area contributed by atoms with E-state index in [1.54, 1.807) is 0 Å². The van der Waals surface area contributed by atoms with Crippen LogP contribution in [0.4, 0.5) is 4.79 Å². The second-order valence-corrected chi connectivity index (χ2v) is 8.61. The first-order chi connectivity index (χ1) is 14.0. The molecule has 1 fully saturated rings. The molecule has 0 bridgehead atoms. The molecular weight excluding hydrogens is 388 g/mol. The fourth-order valence-corrected chi connectivity index (χ4v) is 4.39. The van der Waals surface area contributed by atoms with Crippen molar-refractivity contribution in [3.8, 4) is 0 Å². The molecule has 6 nitrogen and oxygen atoms in total. The second-order valence-electron chi connectivity index (χ2n) is 8.17. The summed E-state index contributed by atoms with van der Waals surface area (Å²) in [5.41, 5.74) is 9.38. The van der Waals surface area contributed by atoms with E-state index in [1.165, 1.54) is 31.4 Å². The largest absolute Gasteiger partial charge is 0.445 e. The number of rotatable bonds is 8. The molecule has 7 heteroatoms. The monoisotopic (exact) mass is 420 g/mol. The van der Waals surface area contributed by atoms with Gasteiger partial charge in [0.05, 0.1) is 0 Å². The molecule has 0 unspecified atom stereocenters. The van der Waals surface area contributed by atoms with Crippen LogP contribution in [0.2, 0.25) is 5.02 Å². The Bertz CT molecular complexity index is 697. The highest BCUT2D eigenvalue weighted by Crippen LogP contribution is 2.24. The number of halogens is 1. The van der Waals surface area contributed by atoms with Gasteiger partial charge >= 0.3 is 6.09 Å². The van der Waals surface area contributed by atoms with Crippen LogP contribution in [-0.4, -0.2) is 36.1 Å². The molecule has 0 spiro atoms. The number of carbonyl (C=O) groups is 1. The Morgan fingerprint density at radius 2 is 2.00 bits per heavy atom. The van der Waals surface area contributed by atoms with Crippen molar-refractivity contribution in [2.24, 2.45) is 5.92 Å². The van der Waals surface area contributed by atoms with Crippen molar-refractivity contribution in [1.82, 2.24) is 20.9 Å². The van der Waals surface area contributed by atoms with Crippen LogP contribution in [0.1, 0.15) is 56.1 Å². The lowest BCUT2D eigenvalue weighted by molar-refractivity contribution is 0.0813. The fourth-order valence-electron chi connectivity index (χ4n) is 4.07. The average Bonchev–Trinajstić information content (AvgIpc) is 3.10. The first kappa shape index (κ1) is 21.8. The van der Waals surface area contributed by atoms with Gasteiger partial charge in [-0.15, -0.1) is 5.53 Å². The van der Waals surface area contributed by atoms with E-state index in [4.69, 9.17) is 16.3 Å². The van der Waals surface area contributed by atoms with Gasteiger partial charge in [-0.1, -0.05) is 36.9 Å². The Balaban J connectivity index is 1.28. The van der Waals surface area contributed by atoms with Gasteiger partial charge in [0.1, 0.15) is 6.61 Å². The highest BCUT2D eigenvalue weighted by molar-refractivity contribution is 6.30. The Morgan fingerprint density at radius 3 is 2.69 bits per heavy atom. The number of piperidine rings is 1. The minimum absolute atomic E-state index is 0.211. The summed E-state index contributed by atoms with van der Waals surface area (Å²) in [6, 6.07) is 5.75. The standard InChI is InChI=1S/C22H33ClN4O2/c1-17-12-19(14-20(23)13-17)16-29-22(28)27-10-8-18(9-11-27)6-4-3-5-7-21-15-24-25-26(21)2/h12-15,18,24-25H,3-11,16H2,1-2H3. The van der Waals surface area contributed by atoms with Gasteiger partial charge in [0.15, 0.2) is 0 Å². The lowest BCUT2D eigenvalue weighted by Gasteiger charge is -2.31. The summed E-state index contributed by atoms with van der Waals surface area (Å²) in [5.74, 6) is 0.728. The van der Waals surface area contributed by atoms with Crippen molar-refractivity contribution < 1.29 is 9.53 Å². The van der Waals surface area contributed by atoms with E-state index in [-0.39, 0.29) is 12.7 Å². The lowest BCUT2D eigenvalue weighted by atomic mass is 9.91. The molecule has 0 saturated carbocycles. The van der Waals surface area contributed by atoms with E-state index < -0.39 is 0 Å². The van der Waals surface area contributed by atoms with Gasteiger partial charge in [-0.25, -0.2) is 4.79 Å². The van der Waals surface area contributed by atoms with E-state index in [1.807, 2.05) is 48.3 Å². The number of hydrazine groups is 2. The fraction of sp³-hybridized carbons (Fsp3) is 0.591. The number of amides is 1. The van der Waals surface area contributed by atoms with Crippen LogP contribution in [0.5, 0.6) is 0 Å². The summed E-state index contributed by atoms with van der Waals surface area (Å²) in [6.45, 7) is 3.86. The molecule has 0 radical (unpaired) electrons. The number of aryl methyl sites for hydroxylation is 1. The molecule has 2 aliphatic heterocycles. The van der Waals surface area contributed by atoms with E-state index in [0.717, 1.165) is 49.4 Å². The Kier molecular flexibility index (Phi) is 8.07. The second kappa shape index (κ2) is 10.7. The smallest absolute Gasteiger partial charge is 0.410 e. The van der Waals surface area contributed by atoms with E-state index >= 15 is 0 Å². The number of likely N-dealkylation sites (tertiary alicyclic amines) is 1. The Hall–Kier alpha value is -1.92. The molecule has 0 aromatic heterocycles. The average molecular weight is 421 g/mol. The molecule has 0 aliphatic carbocycles. The van der Waals surface area contributed by atoms with Crippen LogP contribution >= 0.6 is 11.6 Å². The minimum atomic E-state index is -0.211. The number of nitrogens with zero attached hydrogens (tertiary/aromatic N) is 2. The summed E-state index contributed by atoms with van der Waals surface area (Å²) < 4.78 is 5.49. The van der Waals surface area contributed by atoms with Crippen LogP contribution in [-0.2, 0) is 11.3 Å². The van der Waals surface area contributed by atoms with Crippen molar-refractivity contribution in [3.63, 3.8) is 0 Å². The zero-order valence-corrected chi connectivity index (χ0v) is 18.3. The molecule has 1 aromatic rings. The van der Waals surface area contributed by atoms with Gasteiger partial charge in [0, 0.05) is 37.1 Å². The summed E-state index contributed by atoms with van der Waals surface area (Å²) >= 11 is 6.07. The Labute approximate surface area is 179 Å². The number of nitrogens with one attached hydrogen (secondary N) is 2. The van der Waals surface area contributed by atoms with E-state index in [9.17, 15) is 4.79 Å². The van der Waals surface area contributed by atoms with Crippen molar-refractivity contribution in [2.75, 3.05) is 20.1 Å². The first-order valence-electron chi connectivity index (χ1n) is 10.6. The topological polar surface area (TPSA) is 56.8 Å². The van der Waals surface area contributed by atoms with Crippen molar-refractivity contribution in [3.05, 3.63) is 46.2 Å². The van der Waals surface area contributed by atoms with Gasteiger partial charge in [0.2, 0.25) is 0 Å². The maximum absolute atomic E-state index is 12.4. The van der Waals surface area contributed by atoms with Gasteiger partial charge < -0.3 is 15.1 Å². The highest BCUT2D eigenvalue weighted by Gasteiger charge is 2.23. The van der Waals surface area contributed by atoms with Crippen molar-refractivity contribution in [2.45, 2.75) is 58.5 Å². The summed E-state index contributed by atoms with van der Waals surface area (Å²) in [7, 11) is 2.03. The molecule has 29 heavy (non-hydrogen) atoms. The van der Waals surface area contributed by atoms with Crippen molar-refractivity contribution in [1.29, 1.82) is 0 Å². The van der Waals surface area contributed by atoms with Gasteiger partial charge in [0.25, 0.3) is 0 Å². The maximum atomic E-state index is 12.4. The molecule has 1 aromatic carbocycles. The predicted octanol–water partition coefficient (Wildman–Crippen LogP) is 4.74. The van der Waals surface area contributed by atoms with Crippen LogP contribution in [0.25, 0.3) is 0 Å². The number of allylic oxidation sites excluding steroid dienone is 1. The number of hydrogen-bond donors (Lipinski definition) is 2. The molecule has 160 valence electrons. The summed E-state index contributed by atoms with van der Waals surface area (Å²) in [4.78, 5) is 14.2. The minimum Gasteiger partial charge on any atom is -0.445 e. The van der Waals surface area contributed by atoms with Crippen LogP contribution in [0, 0.1) is 12.8 Å². The third-order valence-corrected chi connectivity index (χ3v) is 6.00. The summed E-state index contributed by atoms with van der Waals surface area (Å²) in [6.07, 6.45) is 10.1. The molecule has 0 atom stereocenters. The molecule has 1 saturated heterocycles. The molecule has 3 rings (SSSR count). The normalized spacial score (nSPS) is 17.3. The maximum Gasteiger partial charge on any atom is 0.410 e. The zero-order valence-electron chi connectivity index (χ0n) is 17.5. The molecule has 2 heterocycles. The number of benzene rings is 1. The predicted molar refractivity (Wildman–Crippen MR) is 116 cm³/mol. The molecular formula is C22H33ClN4O2. The van der Waals surface area contributed by atoms with E-state index in [0.29, 0.717) is 5.02 Å². The lowest BCUT2D eigenvalue weighted by Crippen LogP contribution is -2.38. The summed E-state index contributed by atoms with van der Waals surface area (Å²) in [5, 5.41) is 2.71. The third-order valence-electron chi connectivity index (χ3n) is 5.78. The van der Waals surface area contributed by atoms with Crippen LogP contribution in [0.15, 0.2) is 30.1 Å². The van der Waals surface area contributed by atoms with E-state index in [2.05, 4.69) is 11.0 Å². The molecule has 1 amide bonds. The number of unbranched alkanes of at least 4 members (excludes halogenated alkanes) is 2. The number of ether oxygens (including phenoxy) is 1. The number of hydrogen-bond acceptors (Lipinski definition) is 5. The molecule has 2 aliphatic rings.